The predicted octanol–water partition coefficient (Wildman–Crippen LogP) is 5.57. The second-order valence-electron chi connectivity index (χ2n) is 5.33. The summed E-state index contributed by atoms with van der Waals surface area (Å²) >= 11 is 6.03. The third kappa shape index (κ3) is 4.23. The number of halogens is 4. The second kappa shape index (κ2) is 7.21. The molecule has 1 heterocycles. The molecule has 0 radical (unpaired) electrons. The zero-order valence-electron chi connectivity index (χ0n) is 13.5. The lowest BCUT2D eigenvalue weighted by Gasteiger charge is -2.10. The standard InChI is InChI=1S/C18H13ClF3N3O/c1-26-14-4-2-3-13(9-14)23-16-10-15(19)24-17(25-16)11-5-7-12(8-6-11)18(20,21)22/h2-10H,1H3,(H,23,24,25). The van der Waals surface area contributed by atoms with Gasteiger partial charge in [0.15, 0.2) is 5.82 Å². The summed E-state index contributed by atoms with van der Waals surface area (Å²) in [6, 6.07) is 13.3. The van der Waals surface area contributed by atoms with Crippen molar-refractivity contribution in [2.75, 3.05) is 12.4 Å². The van der Waals surface area contributed by atoms with Crippen LogP contribution >= 0.6 is 11.6 Å². The van der Waals surface area contributed by atoms with E-state index in [1.165, 1.54) is 18.2 Å². The highest BCUT2D eigenvalue weighted by atomic mass is 35.5. The van der Waals surface area contributed by atoms with Gasteiger partial charge in [0, 0.05) is 23.4 Å². The summed E-state index contributed by atoms with van der Waals surface area (Å²) in [6.07, 6.45) is -4.40. The Hall–Kier alpha value is -2.80. The highest BCUT2D eigenvalue weighted by Gasteiger charge is 2.30. The fraction of sp³-hybridized carbons (Fsp3) is 0.111. The van der Waals surface area contributed by atoms with E-state index in [0.29, 0.717) is 17.1 Å². The first-order chi connectivity index (χ1) is 12.3. The zero-order chi connectivity index (χ0) is 18.7. The Kier molecular flexibility index (Phi) is 4.99. The van der Waals surface area contributed by atoms with Gasteiger partial charge in [0.05, 0.1) is 12.7 Å². The number of aromatic nitrogens is 2. The molecule has 1 aromatic heterocycles. The van der Waals surface area contributed by atoms with Gasteiger partial charge in [-0.1, -0.05) is 29.8 Å². The van der Waals surface area contributed by atoms with Gasteiger partial charge in [0.1, 0.15) is 16.7 Å². The van der Waals surface area contributed by atoms with Gasteiger partial charge in [-0.2, -0.15) is 13.2 Å². The molecule has 2 aromatic carbocycles. The molecule has 1 N–H and O–H groups in total. The maximum atomic E-state index is 12.7. The van der Waals surface area contributed by atoms with Crippen LogP contribution in [0.15, 0.2) is 54.6 Å². The van der Waals surface area contributed by atoms with Gasteiger partial charge < -0.3 is 10.1 Å². The molecule has 8 heteroatoms. The Morgan fingerprint density at radius 2 is 1.73 bits per heavy atom. The molecule has 0 fully saturated rings. The van der Waals surface area contributed by atoms with Gasteiger partial charge in [-0.15, -0.1) is 0 Å². The number of rotatable bonds is 4. The highest BCUT2D eigenvalue weighted by molar-refractivity contribution is 6.29. The number of methoxy groups -OCH3 is 1. The van der Waals surface area contributed by atoms with E-state index in [2.05, 4.69) is 15.3 Å². The van der Waals surface area contributed by atoms with Crippen molar-refractivity contribution in [1.82, 2.24) is 9.97 Å². The minimum absolute atomic E-state index is 0.167. The zero-order valence-corrected chi connectivity index (χ0v) is 14.3. The molecule has 0 aliphatic carbocycles. The summed E-state index contributed by atoms with van der Waals surface area (Å²) in [4.78, 5) is 8.40. The lowest BCUT2D eigenvalue weighted by Crippen LogP contribution is -2.04. The van der Waals surface area contributed by atoms with E-state index in [1.807, 2.05) is 6.07 Å². The van der Waals surface area contributed by atoms with Crippen molar-refractivity contribution in [3.8, 4) is 17.1 Å². The smallest absolute Gasteiger partial charge is 0.416 e. The molecule has 0 bridgehead atoms. The Morgan fingerprint density at radius 3 is 2.38 bits per heavy atom. The quantitative estimate of drug-likeness (QED) is 0.602. The van der Waals surface area contributed by atoms with Crippen LogP contribution in [0, 0.1) is 0 Å². The third-order valence-electron chi connectivity index (χ3n) is 3.51. The molecule has 0 atom stereocenters. The molecule has 0 unspecified atom stereocenters. The SMILES string of the molecule is COc1cccc(Nc2cc(Cl)nc(-c3ccc(C(F)(F)F)cc3)n2)c1. The summed E-state index contributed by atoms with van der Waals surface area (Å²) in [5.41, 5.74) is 0.407. The molecule has 0 aliphatic heterocycles. The number of hydrogen-bond donors (Lipinski definition) is 1. The van der Waals surface area contributed by atoms with Crippen molar-refractivity contribution >= 4 is 23.1 Å². The molecule has 0 spiro atoms. The largest absolute Gasteiger partial charge is 0.497 e. The fourth-order valence-corrected chi connectivity index (χ4v) is 2.45. The first kappa shape index (κ1) is 18.0. The number of ether oxygens (including phenoxy) is 1. The monoisotopic (exact) mass is 379 g/mol. The van der Waals surface area contributed by atoms with Crippen molar-refractivity contribution < 1.29 is 17.9 Å². The van der Waals surface area contributed by atoms with Crippen LogP contribution < -0.4 is 10.1 Å². The number of nitrogens with one attached hydrogen (secondary N) is 1. The number of nitrogens with zero attached hydrogens (tertiary/aromatic N) is 2. The van der Waals surface area contributed by atoms with Crippen LogP contribution in [0.3, 0.4) is 0 Å². The minimum Gasteiger partial charge on any atom is -0.497 e. The average molecular weight is 380 g/mol. The Balaban J connectivity index is 1.90. The van der Waals surface area contributed by atoms with Crippen LogP contribution in [-0.4, -0.2) is 17.1 Å². The van der Waals surface area contributed by atoms with E-state index in [9.17, 15) is 13.2 Å². The lowest BCUT2D eigenvalue weighted by atomic mass is 10.1. The van der Waals surface area contributed by atoms with Crippen molar-refractivity contribution in [2.24, 2.45) is 0 Å². The summed E-state index contributed by atoms with van der Waals surface area (Å²) < 4.78 is 43.2. The fourth-order valence-electron chi connectivity index (χ4n) is 2.27. The molecule has 4 nitrogen and oxygen atoms in total. The second-order valence-corrected chi connectivity index (χ2v) is 5.72. The van der Waals surface area contributed by atoms with E-state index in [0.717, 1.165) is 17.8 Å². The minimum atomic E-state index is -4.40. The van der Waals surface area contributed by atoms with Crippen molar-refractivity contribution in [1.29, 1.82) is 0 Å². The molecular formula is C18H13ClF3N3O. The molecule has 0 amide bonds. The van der Waals surface area contributed by atoms with Gasteiger partial charge in [0.25, 0.3) is 0 Å². The molecule has 134 valence electrons. The molecule has 3 aromatic rings. The molecule has 26 heavy (non-hydrogen) atoms. The molecule has 0 aliphatic rings. The van der Waals surface area contributed by atoms with Gasteiger partial charge in [-0.25, -0.2) is 9.97 Å². The number of anilines is 2. The van der Waals surface area contributed by atoms with E-state index in [-0.39, 0.29) is 11.0 Å². The number of alkyl halides is 3. The summed E-state index contributed by atoms with van der Waals surface area (Å²) in [5.74, 6) is 1.29. The molecular weight excluding hydrogens is 367 g/mol. The van der Waals surface area contributed by atoms with Crippen molar-refractivity contribution in [3.05, 3.63) is 65.3 Å². The van der Waals surface area contributed by atoms with Crippen LogP contribution in [0.4, 0.5) is 24.7 Å². The first-order valence-corrected chi connectivity index (χ1v) is 7.86. The normalized spacial score (nSPS) is 11.3. The van der Waals surface area contributed by atoms with Crippen LogP contribution in [-0.2, 0) is 6.18 Å². The summed E-state index contributed by atoms with van der Waals surface area (Å²) in [6.45, 7) is 0. The topological polar surface area (TPSA) is 47.0 Å². The van der Waals surface area contributed by atoms with E-state index in [1.54, 1.807) is 25.3 Å². The van der Waals surface area contributed by atoms with Crippen LogP contribution in [0.1, 0.15) is 5.56 Å². The maximum absolute atomic E-state index is 12.7. The Morgan fingerprint density at radius 1 is 1.00 bits per heavy atom. The first-order valence-electron chi connectivity index (χ1n) is 7.48. The van der Waals surface area contributed by atoms with Gasteiger partial charge in [-0.3, -0.25) is 0 Å². The van der Waals surface area contributed by atoms with Crippen LogP contribution in [0.5, 0.6) is 5.75 Å². The lowest BCUT2D eigenvalue weighted by molar-refractivity contribution is -0.137. The van der Waals surface area contributed by atoms with Crippen LogP contribution in [0.25, 0.3) is 11.4 Å². The average Bonchev–Trinajstić information content (AvgIpc) is 2.61. The Bertz CT molecular complexity index is 914. The van der Waals surface area contributed by atoms with Gasteiger partial charge in [-0.05, 0) is 24.3 Å². The van der Waals surface area contributed by atoms with Crippen LogP contribution in [0.2, 0.25) is 5.15 Å². The third-order valence-corrected chi connectivity index (χ3v) is 3.70. The summed E-state index contributed by atoms with van der Waals surface area (Å²) in [5, 5.41) is 3.24. The number of hydrogen-bond acceptors (Lipinski definition) is 4. The maximum Gasteiger partial charge on any atom is 0.416 e. The van der Waals surface area contributed by atoms with E-state index >= 15 is 0 Å². The van der Waals surface area contributed by atoms with E-state index in [4.69, 9.17) is 16.3 Å². The molecule has 3 rings (SSSR count). The molecule has 0 saturated heterocycles. The van der Waals surface area contributed by atoms with Crippen molar-refractivity contribution in [2.45, 2.75) is 6.18 Å². The Labute approximate surface area is 152 Å². The van der Waals surface area contributed by atoms with E-state index < -0.39 is 11.7 Å². The molecule has 0 saturated carbocycles. The summed E-state index contributed by atoms with van der Waals surface area (Å²) in [7, 11) is 1.56. The van der Waals surface area contributed by atoms with Gasteiger partial charge >= 0.3 is 6.18 Å². The predicted molar refractivity (Wildman–Crippen MR) is 93.8 cm³/mol. The highest BCUT2D eigenvalue weighted by Crippen LogP contribution is 2.31. The number of benzene rings is 2. The van der Waals surface area contributed by atoms with Gasteiger partial charge in [0.2, 0.25) is 0 Å². The van der Waals surface area contributed by atoms with Crippen molar-refractivity contribution in [3.63, 3.8) is 0 Å².